The molecule has 0 aromatic heterocycles. The molecule has 2 heterocycles. The second-order valence-electron chi connectivity index (χ2n) is 6.33. The van der Waals surface area contributed by atoms with Gasteiger partial charge in [0.1, 0.15) is 11.4 Å². The molecular formula is C16H21N3O3. The van der Waals surface area contributed by atoms with Gasteiger partial charge in [0.25, 0.3) is 5.69 Å². The third kappa shape index (κ3) is 1.90. The van der Waals surface area contributed by atoms with Gasteiger partial charge >= 0.3 is 0 Å². The van der Waals surface area contributed by atoms with Crippen LogP contribution in [0.4, 0.5) is 11.4 Å². The normalized spacial score (nSPS) is 27.4. The first-order chi connectivity index (χ1) is 10.4. The number of rotatable bonds is 3. The smallest absolute Gasteiger partial charge is 0.296 e. The standard InChI is InChI=1S/C16H21N3O3/c1-4-5-7-18-8-6-16(2)12-9-11(20)10-13(19(21)22)14(12)17(3)15(16)18/h4-5,9-10,15,20H,6-8H2,1-3H3/t15-,16-/m0/s1. The van der Waals surface area contributed by atoms with Crippen molar-refractivity contribution in [2.75, 3.05) is 25.0 Å². The second kappa shape index (κ2) is 4.98. The molecule has 118 valence electrons. The number of allylic oxidation sites excluding steroid dienone is 1. The summed E-state index contributed by atoms with van der Waals surface area (Å²) in [5.74, 6) is -0.0346. The lowest BCUT2D eigenvalue weighted by atomic mass is 9.81. The van der Waals surface area contributed by atoms with Crippen LogP contribution >= 0.6 is 0 Å². The number of nitro benzene ring substituents is 1. The Balaban J connectivity index is 2.12. The van der Waals surface area contributed by atoms with Gasteiger partial charge in [-0.05, 0) is 25.0 Å². The Labute approximate surface area is 129 Å². The highest BCUT2D eigenvalue weighted by atomic mass is 16.6. The molecule has 1 aromatic carbocycles. The maximum absolute atomic E-state index is 11.4. The number of hydrogen-bond acceptors (Lipinski definition) is 5. The number of phenolic OH excluding ortho intramolecular Hbond substituents is 1. The molecule has 1 fully saturated rings. The van der Waals surface area contributed by atoms with Gasteiger partial charge in [0.15, 0.2) is 0 Å². The number of anilines is 1. The fourth-order valence-electron chi connectivity index (χ4n) is 4.08. The molecule has 0 amide bonds. The quantitative estimate of drug-likeness (QED) is 0.528. The van der Waals surface area contributed by atoms with E-state index in [1.54, 1.807) is 6.07 Å². The number of phenols is 1. The highest BCUT2D eigenvalue weighted by molar-refractivity contribution is 5.76. The van der Waals surface area contributed by atoms with E-state index in [0.29, 0.717) is 5.69 Å². The minimum absolute atomic E-state index is 0.0147. The van der Waals surface area contributed by atoms with Crippen molar-refractivity contribution >= 4 is 11.4 Å². The van der Waals surface area contributed by atoms with E-state index in [1.165, 1.54) is 6.07 Å². The van der Waals surface area contributed by atoms with Crippen LogP contribution in [0.3, 0.4) is 0 Å². The van der Waals surface area contributed by atoms with Crippen LogP contribution < -0.4 is 4.90 Å². The van der Waals surface area contributed by atoms with Crippen LogP contribution in [0.5, 0.6) is 5.75 Å². The Bertz CT molecular complexity index is 658. The van der Waals surface area contributed by atoms with Gasteiger partial charge < -0.3 is 10.0 Å². The average molecular weight is 303 g/mol. The summed E-state index contributed by atoms with van der Waals surface area (Å²) in [6.07, 6.45) is 5.13. The van der Waals surface area contributed by atoms with Crippen molar-refractivity contribution in [3.63, 3.8) is 0 Å². The molecule has 1 aromatic rings. The summed E-state index contributed by atoms with van der Waals surface area (Å²) in [5.41, 5.74) is 1.31. The highest BCUT2D eigenvalue weighted by Gasteiger charge is 2.55. The van der Waals surface area contributed by atoms with E-state index in [1.807, 2.05) is 24.9 Å². The fraction of sp³-hybridized carbons (Fsp3) is 0.500. The van der Waals surface area contributed by atoms with Crippen molar-refractivity contribution in [2.24, 2.45) is 0 Å². The number of hydrogen-bond donors (Lipinski definition) is 1. The Morgan fingerprint density at radius 1 is 1.55 bits per heavy atom. The van der Waals surface area contributed by atoms with E-state index in [9.17, 15) is 15.2 Å². The van der Waals surface area contributed by atoms with Crippen LogP contribution in [0.25, 0.3) is 0 Å². The van der Waals surface area contributed by atoms with Crippen LogP contribution in [-0.2, 0) is 5.41 Å². The Morgan fingerprint density at radius 2 is 2.27 bits per heavy atom. The summed E-state index contributed by atoms with van der Waals surface area (Å²) < 4.78 is 0. The molecule has 0 bridgehead atoms. The van der Waals surface area contributed by atoms with Crippen LogP contribution in [-0.4, -0.2) is 41.2 Å². The fourth-order valence-corrected chi connectivity index (χ4v) is 4.08. The molecule has 6 heteroatoms. The molecule has 6 nitrogen and oxygen atoms in total. The van der Waals surface area contributed by atoms with Crippen LogP contribution in [0.1, 0.15) is 25.8 Å². The first kappa shape index (κ1) is 14.8. The van der Waals surface area contributed by atoms with E-state index in [4.69, 9.17) is 0 Å². The van der Waals surface area contributed by atoms with E-state index in [0.717, 1.165) is 25.1 Å². The van der Waals surface area contributed by atoms with E-state index >= 15 is 0 Å². The zero-order valence-electron chi connectivity index (χ0n) is 13.1. The van der Waals surface area contributed by atoms with Crippen molar-refractivity contribution in [3.8, 4) is 5.75 Å². The van der Waals surface area contributed by atoms with Gasteiger partial charge in [-0.2, -0.15) is 0 Å². The molecule has 1 N–H and O–H groups in total. The minimum atomic E-state index is -0.407. The van der Waals surface area contributed by atoms with Crippen molar-refractivity contribution in [2.45, 2.75) is 31.8 Å². The second-order valence-corrected chi connectivity index (χ2v) is 6.33. The Hall–Kier alpha value is -2.08. The molecule has 0 radical (unpaired) electrons. The zero-order chi connectivity index (χ0) is 16.1. The van der Waals surface area contributed by atoms with Crippen LogP contribution in [0.15, 0.2) is 24.3 Å². The van der Waals surface area contributed by atoms with E-state index in [-0.39, 0.29) is 23.0 Å². The first-order valence-corrected chi connectivity index (χ1v) is 7.50. The van der Waals surface area contributed by atoms with Crippen molar-refractivity contribution in [1.82, 2.24) is 4.90 Å². The van der Waals surface area contributed by atoms with Crippen LogP contribution in [0.2, 0.25) is 0 Å². The number of benzene rings is 1. The summed E-state index contributed by atoms with van der Waals surface area (Å²) in [5, 5.41) is 21.3. The van der Waals surface area contributed by atoms with Crippen molar-refractivity contribution in [1.29, 1.82) is 0 Å². The van der Waals surface area contributed by atoms with Gasteiger partial charge in [0.05, 0.1) is 17.2 Å². The predicted molar refractivity (Wildman–Crippen MR) is 85.3 cm³/mol. The zero-order valence-corrected chi connectivity index (χ0v) is 13.1. The number of fused-ring (bicyclic) bond motifs is 3. The van der Waals surface area contributed by atoms with Gasteiger partial charge in [-0.15, -0.1) is 0 Å². The third-order valence-corrected chi connectivity index (χ3v) is 5.02. The number of nitrogens with zero attached hydrogens (tertiary/aromatic N) is 3. The lowest BCUT2D eigenvalue weighted by Crippen LogP contribution is -2.47. The summed E-state index contributed by atoms with van der Waals surface area (Å²) in [6.45, 7) is 5.90. The molecule has 22 heavy (non-hydrogen) atoms. The minimum Gasteiger partial charge on any atom is -0.508 e. The monoisotopic (exact) mass is 303 g/mol. The molecule has 2 aliphatic rings. The van der Waals surface area contributed by atoms with E-state index in [2.05, 4.69) is 17.9 Å². The van der Waals surface area contributed by atoms with Crippen molar-refractivity contribution in [3.05, 3.63) is 40.0 Å². The van der Waals surface area contributed by atoms with Gasteiger partial charge in [0.2, 0.25) is 0 Å². The topological polar surface area (TPSA) is 69.8 Å². The molecule has 0 saturated carbocycles. The number of nitro groups is 1. The summed E-state index contributed by atoms with van der Waals surface area (Å²) in [7, 11) is 1.91. The number of likely N-dealkylation sites (N-methyl/N-ethyl adjacent to an activating group) is 1. The van der Waals surface area contributed by atoms with Crippen LogP contribution in [0, 0.1) is 10.1 Å². The van der Waals surface area contributed by atoms with Gasteiger partial charge in [0, 0.05) is 25.6 Å². The summed E-state index contributed by atoms with van der Waals surface area (Å²) in [6, 6.07) is 2.94. The van der Waals surface area contributed by atoms with Gasteiger partial charge in [-0.25, -0.2) is 0 Å². The molecule has 2 aliphatic heterocycles. The number of likely N-dealkylation sites (tertiary alicyclic amines) is 1. The van der Waals surface area contributed by atoms with Crippen molar-refractivity contribution < 1.29 is 10.0 Å². The maximum Gasteiger partial charge on any atom is 0.296 e. The summed E-state index contributed by atoms with van der Waals surface area (Å²) in [4.78, 5) is 15.3. The predicted octanol–water partition coefficient (Wildman–Crippen LogP) is 2.62. The van der Waals surface area contributed by atoms with E-state index < -0.39 is 4.92 Å². The molecule has 0 spiro atoms. The maximum atomic E-state index is 11.4. The Morgan fingerprint density at radius 3 is 2.91 bits per heavy atom. The molecular weight excluding hydrogens is 282 g/mol. The van der Waals surface area contributed by atoms with Gasteiger partial charge in [-0.1, -0.05) is 19.1 Å². The molecule has 0 aliphatic carbocycles. The molecule has 0 unspecified atom stereocenters. The number of aromatic hydroxyl groups is 1. The largest absolute Gasteiger partial charge is 0.508 e. The lowest BCUT2D eigenvalue weighted by Gasteiger charge is -2.34. The third-order valence-electron chi connectivity index (χ3n) is 5.02. The average Bonchev–Trinajstić information content (AvgIpc) is 2.90. The SMILES string of the molecule is CC=CCN1CC[C@@]2(C)c3cc(O)cc([N+](=O)[O-])c3N(C)[C@@H]12. The Kier molecular flexibility index (Phi) is 3.36. The lowest BCUT2D eigenvalue weighted by molar-refractivity contribution is -0.384. The first-order valence-electron chi connectivity index (χ1n) is 7.50. The molecule has 1 saturated heterocycles. The molecule has 2 atom stereocenters. The summed E-state index contributed by atoms with van der Waals surface area (Å²) >= 11 is 0. The molecule has 3 rings (SSSR count). The van der Waals surface area contributed by atoms with Gasteiger partial charge in [-0.3, -0.25) is 15.0 Å². The highest BCUT2D eigenvalue weighted by Crippen LogP contribution is 2.55.